The van der Waals surface area contributed by atoms with Gasteiger partial charge in [-0.3, -0.25) is 4.90 Å². The summed E-state index contributed by atoms with van der Waals surface area (Å²) in [6.45, 7) is 3.13. The number of aryl methyl sites for hydroxylation is 1. The van der Waals surface area contributed by atoms with Crippen LogP contribution in [0.25, 0.3) is 11.6 Å². The lowest BCUT2D eigenvalue weighted by atomic mass is 9.93. The first-order valence-electron chi connectivity index (χ1n) is 7.50. The summed E-state index contributed by atoms with van der Waals surface area (Å²) in [6, 6.07) is 3.66. The molecule has 0 spiro atoms. The molecule has 1 aliphatic rings. The van der Waals surface area contributed by atoms with Crippen LogP contribution in [0.2, 0.25) is 0 Å². The Morgan fingerprint density at radius 3 is 2.73 bits per heavy atom. The van der Waals surface area contributed by atoms with Crippen LogP contribution < -0.4 is 0 Å². The van der Waals surface area contributed by atoms with Crippen molar-refractivity contribution in [3.05, 3.63) is 23.8 Å². The van der Waals surface area contributed by atoms with E-state index in [2.05, 4.69) is 10.1 Å². The number of hydrogen-bond donors (Lipinski definition) is 0. The monoisotopic (exact) mass is 311 g/mol. The summed E-state index contributed by atoms with van der Waals surface area (Å²) in [7, 11) is 0. The van der Waals surface area contributed by atoms with E-state index in [9.17, 15) is 8.78 Å². The molecule has 0 saturated carbocycles. The number of hydrogen-bond acceptors (Lipinski definition) is 5. The molecular formula is C15H19F2N3O2. The van der Waals surface area contributed by atoms with Gasteiger partial charge in [0, 0.05) is 6.42 Å². The van der Waals surface area contributed by atoms with E-state index in [0.29, 0.717) is 42.9 Å². The van der Waals surface area contributed by atoms with Crippen LogP contribution in [0.1, 0.15) is 24.5 Å². The van der Waals surface area contributed by atoms with Gasteiger partial charge in [-0.15, -0.1) is 0 Å². The Hall–Kier alpha value is -1.76. The molecule has 1 aliphatic heterocycles. The van der Waals surface area contributed by atoms with Crippen molar-refractivity contribution in [1.29, 1.82) is 0 Å². The summed E-state index contributed by atoms with van der Waals surface area (Å²) in [4.78, 5) is 6.16. The highest BCUT2D eigenvalue weighted by Crippen LogP contribution is 2.24. The number of aromatic nitrogens is 2. The number of likely N-dealkylation sites (tertiary alicyclic amines) is 1. The first kappa shape index (κ1) is 15.1. The smallest absolute Gasteiger partial charge is 0.251 e. The highest BCUT2D eigenvalue weighted by Gasteiger charge is 2.23. The average Bonchev–Trinajstić information content (AvgIpc) is 3.09. The molecule has 0 amide bonds. The summed E-state index contributed by atoms with van der Waals surface area (Å²) >= 11 is 0. The van der Waals surface area contributed by atoms with E-state index >= 15 is 0 Å². The SMILES string of the molecule is Cc1ccc(-c2noc(CC3CCN(CC(F)F)CC3)n2)o1. The van der Waals surface area contributed by atoms with E-state index < -0.39 is 6.43 Å². The topological polar surface area (TPSA) is 55.3 Å². The molecule has 1 fully saturated rings. The van der Waals surface area contributed by atoms with Crippen LogP contribution in [0.5, 0.6) is 0 Å². The molecular weight excluding hydrogens is 292 g/mol. The molecule has 2 aromatic rings. The molecule has 0 aliphatic carbocycles. The number of alkyl halides is 2. The fourth-order valence-electron chi connectivity index (χ4n) is 2.81. The molecule has 2 aromatic heterocycles. The van der Waals surface area contributed by atoms with Gasteiger partial charge in [-0.1, -0.05) is 5.16 Å². The van der Waals surface area contributed by atoms with Gasteiger partial charge < -0.3 is 8.94 Å². The van der Waals surface area contributed by atoms with Gasteiger partial charge in [-0.2, -0.15) is 4.98 Å². The van der Waals surface area contributed by atoms with Crippen molar-refractivity contribution in [2.45, 2.75) is 32.6 Å². The van der Waals surface area contributed by atoms with Crippen molar-refractivity contribution in [3.8, 4) is 11.6 Å². The minimum Gasteiger partial charge on any atom is -0.458 e. The average molecular weight is 311 g/mol. The number of piperidine rings is 1. The Labute approximate surface area is 127 Å². The first-order valence-corrected chi connectivity index (χ1v) is 7.50. The summed E-state index contributed by atoms with van der Waals surface area (Å²) < 4.78 is 35.4. The van der Waals surface area contributed by atoms with Gasteiger partial charge in [0.15, 0.2) is 5.76 Å². The molecule has 22 heavy (non-hydrogen) atoms. The van der Waals surface area contributed by atoms with Crippen molar-refractivity contribution in [3.63, 3.8) is 0 Å². The lowest BCUT2D eigenvalue weighted by molar-refractivity contribution is 0.0681. The first-order chi connectivity index (χ1) is 10.6. The molecule has 0 bridgehead atoms. The van der Waals surface area contributed by atoms with Crippen LogP contribution in [-0.2, 0) is 6.42 Å². The second-order valence-corrected chi connectivity index (χ2v) is 5.76. The normalized spacial score (nSPS) is 17.5. The Bertz CT molecular complexity index is 603. The number of furan rings is 1. The molecule has 1 saturated heterocycles. The quantitative estimate of drug-likeness (QED) is 0.849. The number of rotatable bonds is 5. The highest BCUT2D eigenvalue weighted by atomic mass is 19.3. The Balaban J connectivity index is 1.53. The molecule has 120 valence electrons. The van der Waals surface area contributed by atoms with Crippen LogP contribution in [-0.4, -0.2) is 41.1 Å². The maximum absolute atomic E-state index is 12.3. The van der Waals surface area contributed by atoms with Crippen molar-refractivity contribution in [1.82, 2.24) is 15.0 Å². The maximum atomic E-state index is 12.3. The fraction of sp³-hybridized carbons (Fsp3) is 0.600. The van der Waals surface area contributed by atoms with Gasteiger partial charge in [-0.25, -0.2) is 8.78 Å². The van der Waals surface area contributed by atoms with Crippen LogP contribution >= 0.6 is 0 Å². The van der Waals surface area contributed by atoms with E-state index in [1.54, 1.807) is 0 Å². The Kier molecular flexibility index (Phi) is 4.52. The third-order valence-corrected chi connectivity index (χ3v) is 4.00. The zero-order chi connectivity index (χ0) is 15.5. The van der Waals surface area contributed by atoms with Crippen LogP contribution in [0.15, 0.2) is 21.1 Å². The third-order valence-electron chi connectivity index (χ3n) is 4.00. The Morgan fingerprint density at radius 1 is 1.32 bits per heavy atom. The fourth-order valence-corrected chi connectivity index (χ4v) is 2.81. The largest absolute Gasteiger partial charge is 0.458 e. The van der Waals surface area contributed by atoms with Gasteiger partial charge >= 0.3 is 0 Å². The second-order valence-electron chi connectivity index (χ2n) is 5.76. The minimum absolute atomic E-state index is 0.130. The lowest BCUT2D eigenvalue weighted by Gasteiger charge is -2.30. The van der Waals surface area contributed by atoms with Crippen molar-refractivity contribution in [2.75, 3.05) is 19.6 Å². The maximum Gasteiger partial charge on any atom is 0.251 e. The van der Waals surface area contributed by atoms with Crippen molar-refractivity contribution < 1.29 is 17.7 Å². The van der Waals surface area contributed by atoms with E-state index in [0.717, 1.165) is 18.6 Å². The van der Waals surface area contributed by atoms with Gasteiger partial charge in [0.1, 0.15) is 5.76 Å². The van der Waals surface area contributed by atoms with Crippen LogP contribution in [0.3, 0.4) is 0 Å². The molecule has 5 nitrogen and oxygen atoms in total. The summed E-state index contributed by atoms with van der Waals surface area (Å²) in [5.74, 6) is 2.84. The summed E-state index contributed by atoms with van der Waals surface area (Å²) in [5.41, 5.74) is 0. The standard InChI is InChI=1S/C15H19F2N3O2/c1-10-2-3-12(21-10)15-18-14(22-19-15)8-11-4-6-20(7-5-11)9-13(16)17/h2-3,11,13H,4-9H2,1H3. The predicted octanol–water partition coefficient (Wildman–Crippen LogP) is 3.16. The molecule has 7 heteroatoms. The summed E-state index contributed by atoms with van der Waals surface area (Å²) in [6.07, 6.45) is 0.191. The lowest BCUT2D eigenvalue weighted by Crippen LogP contribution is -2.37. The zero-order valence-corrected chi connectivity index (χ0v) is 12.5. The number of halogens is 2. The Morgan fingerprint density at radius 2 is 2.09 bits per heavy atom. The van der Waals surface area contributed by atoms with Gasteiger partial charge in [0.05, 0.1) is 6.54 Å². The molecule has 0 radical (unpaired) electrons. The highest BCUT2D eigenvalue weighted by molar-refractivity contribution is 5.45. The van der Waals surface area contributed by atoms with Crippen LogP contribution in [0.4, 0.5) is 8.78 Å². The van der Waals surface area contributed by atoms with Crippen molar-refractivity contribution >= 4 is 0 Å². The predicted molar refractivity (Wildman–Crippen MR) is 75.6 cm³/mol. The van der Waals surface area contributed by atoms with Gasteiger partial charge in [-0.05, 0) is 50.9 Å². The van der Waals surface area contributed by atoms with E-state index in [1.165, 1.54) is 0 Å². The van der Waals surface area contributed by atoms with Crippen molar-refractivity contribution in [2.24, 2.45) is 5.92 Å². The van der Waals surface area contributed by atoms with E-state index in [-0.39, 0.29) is 6.54 Å². The van der Waals surface area contributed by atoms with Gasteiger partial charge in [0.2, 0.25) is 11.7 Å². The van der Waals surface area contributed by atoms with E-state index in [4.69, 9.17) is 8.94 Å². The van der Waals surface area contributed by atoms with Gasteiger partial charge in [0.25, 0.3) is 6.43 Å². The zero-order valence-electron chi connectivity index (χ0n) is 12.5. The minimum atomic E-state index is -2.26. The van der Waals surface area contributed by atoms with Crippen LogP contribution in [0, 0.1) is 12.8 Å². The molecule has 0 aromatic carbocycles. The molecule has 3 rings (SSSR count). The molecule has 0 N–H and O–H groups in total. The van der Waals surface area contributed by atoms with E-state index in [1.807, 2.05) is 24.0 Å². The molecule has 3 heterocycles. The third kappa shape index (κ3) is 3.71. The second kappa shape index (κ2) is 6.56. The number of nitrogens with zero attached hydrogens (tertiary/aromatic N) is 3. The molecule has 0 atom stereocenters. The summed E-state index contributed by atoms with van der Waals surface area (Å²) in [5, 5.41) is 3.93. The molecule has 0 unspecified atom stereocenters.